The number of urea groups is 1. The van der Waals surface area contributed by atoms with Crippen LogP contribution in [0.2, 0.25) is 0 Å². The molecule has 7 rings (SSSR count). The van der Waals surface area contributed by atoms with Gasteiger partial charge in [-0.3, -0.25) is 14.4 Å². The van der Waals surface area contributed by atoms with Crippen LogP contribution in [0.3, 0.4) is 0 Å². The molecule has 2 saturated heterocycles. The van der Waals surface area contributed by atoms with Gasteiger partial charge in [-0.05, 0) is 81.0 Å². The lowest BCUT2D eigenvalue weighted by atomic mass is 9.85. The number of hydrogen-bond donors (Lipinski definition) is 3. The molecule has 0 bridgehead atoms. The van der Waals surface area contributed by atoms with E-state index in [1.165, 1.54) is 6.42 Å². The van der Waals surface area contributed by atoms with Crippen molar-refractivity contribution >= 4 is 29.1 Å². The number of amidine groups is 1. The van der Waals surface area contributed by atoms with Crippen LogP contribution < -0.4 is 26.0 Å². The van der Waals surface area contributed by atoms with Crippen molar-refractivity contribution in [3.8, 4) is 5.75 Å². The summed E-state index contributed by atoms with van der Waals surface area (Å²) in [6.07, 6.45) is 15.9. The first-order chi connectivity index (χ1) is 26.2. The number of fused-ring (bicyclic) bond motifs is 2. The van der Waals surface area contributed by atoms with Crippen molar-refractivity contribution in [2.75, 3.05) is 31.2 Å². The Balaban J connectivity index is 1.01. The van der Waals surface area contributed by atoms with E-state index in [1.54, 1.807) is 12.3 Å². The van der Waals surface area contributed by atoms with Gasteiger partial charge in [-0.1, -0.05) is 45.0 Å². The number of nitrogens with one attached hydrogen (secondary N) is 2. The van der Waals surface area contributed by atoms with E-state index in [1.807, 2.05) is 66.5 Å². The Morgan fingerprint density at radius 2 is 1.85 bits per heavy atom. The third-order valence-corrected chi connectivity index (χ3v) is 10.3. The lowest BCUT2D eigenvalue weighted by Gasteiger charge is -2.32. The summed E-state index contributed by atoms with van der Waals surface area (Å²) in [7, 11) is 0. The zero-order chi connectivity index (χ0) is 37.5. The number of aromatic nitrogens is 5. The molecule has 1 aliphatic carbocycles. The second-order valence-electron chi connectivity index (χ2n) is 15.4. The number of hydrogen-bond acceptors (Lipinski definition) is 10. The van der Waals surface area contributed by atoms with Crippen molar-refractivity contribution in [2.45, 2.75) is 104 Å². The number of pyridine rings is 1. The van der Waals surface area contributed by atoms with Crippen LogP contribution in [0.4, 0.5) is 16.4 Å². The number of nitrogens with two attached hydrogens (primary N) is 1. The summed E-state index contributed by atoms with van der Waals surface area (Å²) in [5.41, 5.74) is 10.2. The van der Waals surface area contributed by atoms with Gasteiger partial charge in [0.1, 0.15) is 23.4 Å². The zero-order valence-electron chi connectivity index (χ0n) is 31.7. The number of amides is 2. The Labute approximate surface area is 317 Å². The van der Waals surface area contributed by atoms with Gasteiger partial charge in [0, 0.05) is 43.4 Å². The molecule has 3 aromatic heterocycles. The summed E-state index contributed by atoms with van der Waals surface area (Å²) in [6.45, 7) is 10.0. The van der Waals surface area contributed by atoms with Crippen molar-refractivity contribution in [3.63, 3.8) is 0 Å². The Bertz CT molecular complexity index is 1930. The molecule has 3 aliphatic rings. The van der Waals surface area contributed by atoms with Crippen LogP contribution in [-0.2, 0) is 16.0 Å². The number of aliphatic imine (C=N–C) groups is 1. The molecule has 3 atom stereocenters. The average molecular weight is 739 g/mol. The van der Waals surface area contributed by atoms with E-state index in [0.717, 1.165) is 93.1 Å². The molecular formula is C40H54N10O4. The summed E-state index contributed by atoms with van der Waals surface area (Å²) in [5, 5.41) is 19.5. The molecule has 0 spiro atoms. The highest BCUT2D eigenvalue weighted by atomic mass is 16.7. The molecule has 14 nitrogen and oxygen atoms in total. The number of allylic oxidation sites excluding steroid dienone is 1. The Kier molecular flexibility index (Phi) is 11.8. The molecule has 2 aliphatic heterocycles. The maximum Gasteiger partial charge on any atom is 0.320 e. The van der Waals surface area contributed by atoms with Gasteiger partial charge in [-0.15, -0.1) is 10.2 Å². The van der Waals surface area contributed by atoms with Crippen molar-refractivity contribution in [1.82, 2.24) is 35.0 Å². The van der Waals surface area contributed by atoms with Crippen LogP contribution in [0.1, 0.15) is 102 Å². The van der Waals surface area contributed by atoms with Crippen molar-refractivity contribution in [1.29, 1.82) is 0 Å². The Morgan fingerprint density at radius 1 is 1.02 bits per heavy atom. The van der Waals surface area contributed by atoms with Crippen LogP contribution in [0, 0.1) is 5.41 Å². The summed E-state index contributed by atoms with van der Waals surface area (Å²) >= 11 is 0. The predicted octanol–water partition coefficient (Wildman–Crippen LogP) is 6.72. The van der Waals surface area contributed by atoms with Crippen LogP contribution in [0.15, 0.2) is 71.8 Å². The fourth-order valence-electron chi connectivity index (χ4n) is 7.15. The van der Waals surface area contributed by atoms with Gasteiger partial charge in [0.2, 0.25) is 5.95 Å². The van der Waals surface area contributed by atoms with Gasteiger partial charge in [0.15, 0.2) is 11.9 Å². The van der Waals surface area contributed by atoms with Crippen LogP contribution >= 0.6 is 0 Å². The van der Waals surface area contributed by atoms with E-state index < -0.39 is 0 Å². The molecule has 0 radical (unpaired) electrons. The topological polar surface area (TPSA) is 158 Å². The minimum Gasteiger partial charge on any atom is -0.484 e. The summed E-state index contributed by atoms with van der Waals surface area (Å²) in [5.74, 6) is 1.94. The van der Waals surface area contributed by atoms with Gasteiger partial charge in [0.25, 0.3) is 0 Å². The number of piperidine rings is 1. The maximum atomic E-state index is 13.6. The van der Waals surface area contributed by atoms with E-state index >= 15 is 0 Å². The molecule has 0 saturated carbocycles. The Morgan fingerprint density at radius 3 is 2.65 bits per heavy atom. The monoisotopic (exact) mass is 738 g/mol. The van der Waals surface area contributed by atoms with E-state index in [9.17, 15) is 4.79 Å². The molecule has 1 aromatic carbocycles. The largest absolute Gasteiger partial charge is 0.484 e. The number of carbonyl (C=O) groups excluding carboxylic acids is 1. The molecule has 54 heavy (non-hydrogen) atoms. The van der Waals surface area contributed by atoms with Gasteiger partial charge in [-0.25, -0.2) is 9.79 Å². The van der Waals surface area contributed by atoms with E-state index in [4.69, 9.17) is 24.9 Å². The van der Waals surface area contributed by atoms with E-state index in [0.29, 0.717) is 36.8 Å². The predicted molar refractivity (Wildman–Crippen MR) is 208 cm³/mol. The van der Waals surface area contributed by atoms with Crippen LogP contribution in [-0.4, -0.2) is 68.8 Å². The number of carbonyl (C=O) groups is 1. The second kappa shape index (κ2) is 17.0. The smallest absolute Gasteiger partial charge is 0.320 e. The lowest BCUT2D eigenvalue weighted by Crippen LogP contribution is -2.42. The molecule has 4 N–H and O–H groups in total. The lowest BCUT2D eigenvalue weighted by molar-refractivity contribution is -0.163. The molecule has 2 amide bonds. The standard InChI is InChI=1S/C40H54N10O4/c1-40(2,3)34(41)24-35(43-28-25-42-49(26-28)21-11-23-53-37-14-7-10-22-52-37)45-38(51)44-32-16-17-33(31-13-6-5-12-30(31)32)54-29-15-18-36-46-47-39(50(36)27-29)48-19-8-4-9-20-48/h5-6,12-13,15,18,24-27,32-33,37H,4,7-11,14,16-17,19-23,41H2,1-3H3,(H2,43,44,45,51). The third-order valence-electron chi connectivity index (χ3n) is 10.3. The van der Waals surface area contributed by atoms with E-state index in [-0.39, 0.29) is 29.9 Å². The van der Waals surface area contributed by atoms with Gasteiger partial charge >= 0.3 is 6.03 Å². The number of ether oxygens (including phenoxy) is 3. The fourth-order valence-corrected chi connectivity index (χ4v) is 7.15. The molecule has 4 aromatic rings. The first kappa shape index (κ1) is 37.4. The maximum absolute atomic E-state index is 13.6. The van der Waals surface area contributed by atoms with Gasteiger partial charge in [-0.2, -0.15) is 5.10 Å². The van der Waals surface area contributed by atoms with Crippen molar-refractivity contribution in [3.05, 3.63) is 77.9 Å². The second-order valence-corrected chi connectivity index (χ2v) is 15.4. The normalized spacial score (nSPS) is 21.2. The third kappa shape index (κ3) is 9.40. The SMILES string of the molecule is CC(C)(C)C(N)=CC(=Nc1cnn(CCCOC2CCCCO2)c1)NC(=O)NC1CCC(Oc2ccc3nnc(N4CCCCC4)n3c2)c2ccccc21. The Hall–Kier alpha value is -4.95. The summed E-state index contributed by atoms with van der Waals surface area (Å²) in [6, 6.07) is 11.5. The van der Waals surface area contributed by atoms with Gasteiger partial charge < -0.3 is 30.2 Å². The van der Waals surface area contributed by atoms with Crippen LogP contribution in [0.25, 0.3) is 5.65 Å². The number of aryl methyl sites for hydroxylation is 1. The number of benzene rings is 1. The van der Waals surface area contributed by atoms with E-state index in [2.05, 4.69) is 43.0 Å². The average Bonchev–Trinajstić information content (AvgIpc) is 3.81. The summed E-state index contributed by atoms with van der Waals surface area (Å²) < 4.78 is 22.0. The van der Waals surface area contributed by atoms with Crippen molar-refractivity contribution in [2.24, 2.45) is 16.1 Å². The summed E-state index contributed by atoms with van der Waals surface area (Å²) in [4.78, 5) is 20.7. The minimum atomic E-state index is -0.372. The quantitative estimate of drug-likeness (QED) is 0.0863. The molecule has 14 heteroatoms. The molecule has 288 valence electrons. The molecule has 2 fully saturated rings. The number of anilines is 1. The van der Waals surface area contributed by atoms with Crippen molar-refractivity contribution < 1.29 is 19.0 Å². The highest BCUT2D eigenvalue weighted by molar-refractivity contribution is 6.05. The zero-order valence-corrected chi connectivity index (χ0v) is 31.7. The van der Waals surface area contributed by atoms with Crippen LogP contribution in [0.5, 0.6) is 5.75 Å². The minimum absolute atomic E-state index is 0.104. The fraction of sp³-hybridized carbons (Fsp3) is 0.525. The number of nitrogens with zero attached hydrogens (tertiary/aromatic N) is 7. The molecule has 5 heterocycles. The highest BCUT2D eigenvalue weighted by Crippen LogP contribution is 2.39. The number of rotatable bonds is 11. The molecular weight excluding hydrogens is 685 g/mol. The first-order valence-electron chi connectivity index (χ1n) is 19.4. The molecule has 3 unspecified atom stereocenters. The van der Waals surface area contributed by atoms with Gasteiger partial charge in [0.05, 0.1) is 31.2 Å². The highest BCUT2D eigenvalue weighted by Gasteiger charge is 2.30. The first-order valence-corrected chi connectivity index (χ1v) is 19.4.